The van der Waals surface area contributed by atoms with Crippen LogP contribution in [0, 0.1) is 12.3 Å². The lowest BCUT2D eigenvalue weighted by Gasteiger charge is -2.20. The van der Waals surface area contributed by atoms with Crippen LogP contribution in [0.3, 0.4) is 0 Å². The van der Waals surface area contributed by atoms with Crippen molar-refractivity contribution in [2.45, 2.75) is 59.9 Å². The van der Waals surface area contributed by atoms with Gasteiger partial charge in [-0.2, -0.15) is 5.10 Å². The number of benzene rings is 1. The van der Waals surface area contributed by atoms with E-state index in [-0.39, 0.29) is 11.2 Å². The van der Waals surface area contributed by atoms with Crippen LogP contribution in [0.4, 0.5) is 0 Å². The quantitative estimate of drug-likeness (QED) is 0.408. The summed E-state index contributed by atoms with van der Waals surface area (Å²) in [4.78, 5) is 17.0. The highest BCUT2D eigenvalue weighted by molar-refractivity contribution is 6.08. The van der Waals surface area contributed by atoms with Crippen molar-refractivity contribution in [3.05, 3.63) is 53.6 Å². The summed E-state index contributed by atoms with van der Waals surface area (Å²) >= 11 is 0. The van der Waals surface area contributed by atoms with Crippen LogP contribution in [-0.4, -0.2) is 24.9 Å². The largest absolute Gasteiger partial charge is 0.346 e. The van der Waals surface area contributed by atoms with Gasteiger partial charge in [-0.3, -0.25) is 4.79 Å². The third-order valence-corrected chi connectivity index (χ3v) is 5.85. The smallest absolute Gasteiger partial charge is 0.161 e. The van der Waals surface area contributed by atoms with Crippen LogP contribution >= 0.6 is 0 Å². The van der Waals surface area contributed by atoms with Crippen molar-refractivity contribution in [3.8, 4) is 11.1 Å². The average Bonchev–Trinajstić information content (AvgIpc) is 3.32. The van der Waals surface area contributed by atoms with Crippen molar-refractivity contribution >= 4 is 22.3 Å². The van der Waals surface area contributed by atoms with Crippen LogP contribution in [-0.2, 0) is 6.54 Å². The van der Waals surface area contributed by atoms with Crippen LogP contribution in [0.1, 0.15) is 68.1 Å². The van der Waals surface area contributed by atoms with E-state index in [1.54, 1.807) is 6.92 Å². The number of rotatable bonds is 4. The number of hydrogen-bond acceptors (Lipinski definition) is 3. The van der Waals surface area contributed by atoms with E-state index < -0.39 is 0 Å². The van der Waals surface area contributed by atoms with Crippen molar-refractivity contribution in [1.82, 2.24) is 19.2 Å². The predicted molar refractivity (Wildman–Crippen MR) is 120 cm³/mol. The van der Waals surface area contributed by atoms with Gasteiger partial charge in [0.05, 0.1) is 11.2 Å². The van der Waals surface area contributed by atoms with Gasteiger partial charge in [0.1, 0.15) is 0 Å². The number of carbonyl (C=O) groups excluding carboxylic acids is 1. The van der Waals surface area contributed by atoms with Gasteiger partial charge in [-0.1, -0.05) is 20.8 Å². The van der Waals surface area contributed by atoms with Crippen LogP contribution in [0.2, 0.25) is 0 Å². The van der Waals surface area contributed by atoms with E-state index in [9.17, 15) is 4.79 Å². The molecule has 3 heterocycles. The summed E-state index contributed by atoms with van der Waals surface area (Å²) < 4.78 is 4.13. The molecule has 1 saturated carbocycles. The molecule has 0 atom stereocenters. The van der Waals surface area contributed by atoms with Crippen molar-refractivity contribution in [1.29, 1.82) is 0 Å². The SMILES string of the molecule is CC(=O)c1cn(CC(C)(C)C)c2c(C)cc(-c3cnc4cc(C5CC5)nn4c3)cc12. The monoisotopic (exact) mass is 400 g/mol. The molecule has 1 fully saturated rings. The van der Waals surface area contributed by atoms with Gasteiger partial charge in [-0.15, -0.1) is 0 Å². The molecule has 0 aliphatic heterocycles. The molecule has 0 saturated heterocycles. The zero-order valence-electron chi connectivity index (χ0n) is 18.4. The van der Waals surface area contributed by atoms with Gasteiger partial charge in [-0.25, -0.2) is 9.50 Å². The van der Waals surface area contributed by atoms with Crippen molar-refractivity contribution in [2.75, 3.05) is 0 Å². The molecule has 5 rings (SSSR count). The third kappa shape index (κ3) is 3.32. The second-order valence-corrected chi connectivity index (χ2v) is 9.97. The molecule has 1 aliphatic carbocycles. The molecule has 0 radical (unpaired) electrons. The molecule has 0 spiro atoms. The number of fused-ring (bicyclic) bond motifs is 2. The fraction of sp³-hybridized carbons (Fsp3) is 0.400. The lowest BCUT2D eigenvalue weighted by Crippen LogP contribution is -2.15. The van der Waals surface area contributed by atoms with Crippen molar-refractivity contribution in [2.24, 2.45) is 5.41 Å². The maximum absolute atomic E-state index is 12.4. The lowest BCUT2D eigenvalue weighted by atomic mass is 9.96. The Morgan fingerprint density at radius 2 is 1.90 bits per heavy atom. The van der Waals surface area contributed by atoms with E-state index in [1.807, 2.05) is 16.9 Å². The Hall–Kier alpha value is -2.95. The van der Waals surface area contributed by atoms with Crippen LogP contribution in [0.15, 0.2) is 36.8 Å². The maximum Gasteiger partial charge on any atom is 0.161 e. The molecule has 1 aromatic carbocycles. The average molecular weight is 401 g/mol. The number of hydrogen-bond donors (Lipinski definition) is 0. The molecule has 4 aromatic rings. The first kappa shape index (κ1) is 19.0. The first-order chi connectivity index (χ1) is 14.2. The number of aromatic nitrogens is 4. The van der Waals surface area contributed by atoms with E-state index in [4.69, 9.17) is 5.10 Å². The molecule has 5 nitrogen and oxygen atoms in total. The summed E-state index contributed by atoms with van der Waals surface area (Å²) in [5.74, 6) is 0.702. The summed E-state index contributed by atoms with van der Waals surface area (Å²) in [6.07, 6.45) is 8.44. The Balaban J connectivity index is 1.65. The lowest BCUT2D eigenvalue weighted by molar-refractivity contribution is 0.101. The molecule has 1 aliphatic rings. The van der Waals surface area contributed by atoms with Crippen molar-refractivity contribution < 1.29 is 4.79 Å². The molecule has 5 heteroatoms. The molecule has 3 aromatic heterocycles. The van der Waals surface area contributed by atoms with Gasteiger partial charge in [0.15, 0.2) is 11.4 Å². The highest BCUT2D eigenvalue weighted by atomic mass is 16.1. The maximum atomic E-state index is 12.4. The summed E-state index contributed by atoms with van der Waals surface area (Å²) in [6.45, 7) is 11.3. The minimum absolute atomic E-state index is 0.0962. The Morgan fingerprint density at radius 3 is 2.57 bits per heavy atom. The Morgan fingerprint density at radius 1 is 1.13 bits per heavy atom. The Kier molecular flexibility index (Phi) is 4.14. The van der Waals surface area contributed by atoms with E-state index in [1.165, 1.54) is 18.4 Å². The van der Waals surface area contributed by atoms with Crippen molar-refractivity contribution in [3.63, 3.8) is 0 Å². The second-order valence-electron chi connectivity index (χ2n) is 9.97. The van der Waals surface area contributed by atoms with E-state index in [2.05, 4.69) is 61.6 Å². The fourth-order valence-corrected chi connectivity index (χ4v) is 4.36. The molecule has 154 valence electrons. The van der Waals surface area contributed by atoms with Gasteiger partial charge < -0.3 is 4.57 Å². The molecular weight excluding hydrogens is 372 g/mol. The first-order valence-electron chi connectivity index (χ1n) is 10.7. The highest BCUT2D eigenvalue weighted by Crippen LogP contribution is 2.39. The van der Waals surface area contributed by atoms with Gasteiger partial charge in [0.2, 0.25) is 0 Å². The number of Topliss-reactive ketones (excluding diaryl/α,β-unsaturated/α-hetero) is 1. The summed E-state index contributed by atoms with van der Waals surface area (Å²) in [6, 6.07) is 6.42. The Labute approximate surface area is 176 Å². The molecule has 0 unspecified atom stereocenters. The van der Waals surface area contributed by atoms with Gasteiger partial charge in [-0.05, 0) is 55.4 Å². The number of ketones is 1. The van der Waals surface area contributed by atoms with E-state index in [0.717, 1.165) is 45.5 Å². The predicted octanol–water partition coefficient (Wildman–Crippen LogP) is 5.79. The van der Waals surface area contributed by atoms with Gasteiger partial charge in [0, 0.05) is 53.6 Å². The number of nitrogens with zero attached hydrogens (tertiary/aromatic N) is 4. The van der Waals surface area contributed by atoms with Gasteiger partial charge >= 0.3 is 0 Å². The zero-order chi connectivity index (χ0) is 21.2. The molecule has 0 amide bonds. The van der Waals surface area contributed by atoms with Gasteiger partial charge in [0.25, 0.3) is 0 Å². The number of aryl methyl sites for hydroxylation is 1. The zero-order valence-corrected chi connectivity index (χ0v) is 18.4. The van der Waals surface area contributed by atoms with Crippen LogP contribution < -0.4 is 0 Å². The molecule has 0 bridgehead atoms. The van der Waals surface area contributed by atoms with E-state index >= 15 is 0 Å². The van der Waals surface area contributed by atoms with E-state index in [0.29, 0.717) is 5.92 Å². The number of carbonyl (C=O) groups is 1. The Bertz CT molecular complexity index is 1300. The molecular formula is C25H28N4O. The standard InChI is InChI=1S/C25H28N4O/c1-15-8-18(19-11-26-23-10-22(17-6-7-17)27-29(23)12-19)9-20-21(16(2)30)13-28(24(15)20)14-25(3,4)5/h8-13,17H,6-7,14H2,1-5H3. The molecule has 0 N–H and O–H groups in total. The summed E-state index contributed by atoms with van der Waals surface area (Å²) in [5, 5.41) is 5.75. The van der Waals surface area contributed by atoms with Crippen LogP contribution in [0.25, 0.3) is 27.7 Å². The fourth-order valence-electron chi connectivity index (χ4n) is 4.36. The molecule has 30 heavy (non-hydrogen) atoms. The first-order valence-corrected chi connectivity index (χ1v) is 10.7. The normalized spacial score (nSPS) is 14.7. The minimum atomic E-state index is 0.0962. The topological polar surface area (TPSA) is 52.2 Å². The summed E-state index contributed by atoms with van der Waals surface area (Å²) in [5.41, 5.74) is 7.32. The highest BCUT2D eigenvalue weighted by Gasteiger charge is 2.26. The second kappa shape index (κ2) is 6.53. The summed E-state index contributed by atoms with van der Waals surface area (Å²) in [7, 11) is 0. The third-order valence-electron chi connectivity index (χ3n) is 5.85. The minimum Gasteiger partial charge on any atom is -0.346 e. The van der Waals surface area contributed by atoms with Crippen LogP contribution in [0.5, 0.6) is 0 Å².